The highest BCUT2D eigenvalue weighted by Gasteiger charge is 2.06. The molecule has 0 aliphatic heterocycles. The van der Waals surface area contributed by atoms with Crippen molar-refractivity contribution in [1.29, 1.82) is 0 Å². The summed E-state index contributed by atoms with van der Waals surface area (Å²) in [7, 11) is 0. The highest BCUT2D eigenvalue weighted by molar-refractivity contribution is 7.80. The van der Waals surface area contributed by atoms with Crippen LogP contribution in [0.25, 0.3) is 11.6 Å². The van der Waals surface area contributed by atoms with Crippen molar-refractivity contribution in [3.63, 3.8) is 0 Å². The van der Waals surface area contributed by atoms with Crippen LogP contribution in [0.5, 0.6) is 0 Å². The van der Waals surface area contributed by atoms with E-state index in [1.165, 1.54) is 0 Å². The molecule has 0 heterocycles. The van der Waals surface area contributed by atoms with Crippen molar-refractivity contribution in [3.05, 3.63) is 83.0 Å². The molecule has 5 heteroatoms. The van der Waals surface area contributed by atoms with Gasteiger partial charge in [0.25, 0.3) is 0 Å². The average molecular weight is 330 g/mol. The third kappa shape index (κ3) is 4.62. The van der Waals surface area contributed by atoms with Gasteiger partial charge in [0.2, 0.25) is 0 Å². The second-order valence-electron chi connectivity index (χ2n) is 4.57. The Kier molecular flexibility index (Phi) is 5.58. The van der Waals surface area contributed by atoms with Crippen molar-refractivity contribution in [3.8, 4) is 0 Å². The molecule has 3 nitrogen and oxygen atoms in total. The van der Waals surface area contributed by atoms with Gasteiger partial charge in [-0.1, -0.05) is 60.6 Å². The van der Waals surface area contributed by atoms with Crippen LogP contribution >= 0.6 is 23.8 Å². The van der Waals surface area contributed by atoms with E-state index in [9.17, 15) is 0 Å². The number of halogens is 1. The van der Waals surface area contributed by atoms with Gasteiger partial charge in [-0.15, -0.1) is 0 Å². The zero-order valence-corrected chi connectivity index (χ0v) is 13.4. The molecule has 0 unspecified atom stereocenters. The normalized spacial score (nSPS) is 10.9. The predicted octanol–water partition coefficient (Wildman–Crippen LogP) is 3.73. The highest BCUT2D eigenvalue weighted by Crippen LogP contribution is 2.23. The second-order valence-corrected chi connectivity index (χ2v) is 5.44. The molecule has 2 aromatic carbocycles. The largest absolute Gasteiger partial charge is 0.375 e. The van der Waals surface area contributed by atoms with Crippen LogP contribution in [0.2, 0.25) is 5.02 Å². The maximum Gasteiger partial charge on any atom is 0.182 e. The Bertz CT molecular complexity index is 694. The molecule has 112 valence electrons. The number of allylic oxidation sites excluding steroid dienone is 1. The van der Waals surface area contributed by atoms with Gasteiger partial charge < -0.3 is 5.73 Å². The van der Waals surface area contributed by atoms with Gasteiger partial charge in [-0.3, -0.25) is 10.9 Å². The molecule has 0 saturated carbocycles. The summed E-state index contributed by atoms with van der Waals surface area (Å²) in [5, 5.41) is 0.852. The van der Waals surface area contributed by atoms with E-state index >= 15 is 0 Å². The number of hydrogen-bond acceptors (Lipinski definition) is 2. The maximum atomic E-state index is 5.92. The molecule has 0 bridgehead atoms. The smallest absolute Gasteiger partial charge is 0.182 e. The van der Waals surface area contributed by atoms with Gasteiger partial charge in [-0.25, -0.2) is 0 Å². The van der Waals surface area contributed by atoms with Gasteiger partial charge in [0.1, 0.15) is 0 Å². The SMILES string of the molecule is C=C(NNC(N)=S)C(=Cc1ccc(Cl)cc1)c1ccccc1. The Hall–Kier alpha value is -2.30. The lowest BCUT2D eigenvalue weighted by molar-refractivity contribution is 0.797. The molecular weight excluding hydrogens is 314 g/mol. The van der Waals surface area contributed by atoms with Gasteiger partial charge in [-0.2, -0.15) is 0 Å². The second kappa shape index (κ2) is 7.64. The maximum absolute atomic E-state index is 5.92. The van der Waals surface area contributed by atoms with Crippen LogP contribution in [0.4, 0.5) is 0 Å². The Morgan fingerprint density at radius 1 is 1.05 bits per heavy atom. The first-order valence-electron chi connectivity index (χ1n) is 6.59. The Morgan fingerprint density at radius 3 is 2.27 bits per heavy atom. The van der Waals surface area contributed by atoms with Crippen molar-refractivity contribution < 1.29 is 0 Å². The molecule has 0 aromatic heterocycles. The van der Waals surface area contributed by atoms with Crippen LogP contribution in [0.15, 0.2) is 66.9 Å². The topological polar surface area (TPSA) is 50.1 Å². The zero-order chi connectivity index (χ0) is 15.9. The number of benzene rings is 2. The van der Waals surface area contributed by atoms with Crippen LogP contribution in [0.3, 0.4) is 0 Å². The number of hydrogen-bond donors (Lipinski definition) is 3. The highest BCUT2D eigenvalue weighted by atomic mass is 35.5. The number of thiocarbonyl (C=S) groups is 1. The Labute approximate surface area is 140 Å². The van der Waals surface area contributed by atoms with Gasteiger partial charge in [0.15, 0.2) is 5.11 Å². The van der Waals surface area contributed by atoms with Crippen molar-refractivity contribution in [1.82, 2.24) is 10.9 Å². The number of rotatable bonds is 5. The van der Waals surface area contributed by atoms with Gasteiger partial charge in [0.05, 0.1) is 5.70 Å². The Balaban J connectivity index is 2.35. The summed E-state index contributed by atoms with van der Waals surface area (Å²) < 4.78 is 0. The minimum absolute atomic E-state index is 0.153. The molecule has 2 aromatic rings. The minimum Gasteiger partial charge on any atom is -0.375 e. The van der Waals surface area contributed by atoms with Crippen molar-refractivity contribution in [2.45, 2.75) is 0 Å². The van der Waals surface area contributed by atoms with E-state index in [-0.39, 0.29) is 5.11 Å². The lowest BCUT2D eigenvalue weighted by atomic mass is 10.0. The van der Waals surface area contributed by atoms with E-state index in [1.807, 2.05) is 60.7 Å². The molecule has 0 radical (unpaired) electrons. The third-order valence-corrected chi connectivity index (χ3v) is 3.28. The van der Waals surface area contributed by atoms with E-state index in [0.29, 0.717) is 10.7 Å². The zero-order valence-electron chi connectivity index (χ0n) is 11.8. The first-order valence-corrected chi connectivity index (χ1v) is 7.38. The summed E-state index contributed by atoms with van der Waals surface area (Å²) in [6.45, 7) is 4.03. The standard InChI is InChI=1S/C17H16ClN3S/c1-12(20-21-17(19)22)16(14-5-3-2-4-6-14)11-13-7-9-15(18)10-8-13/h2-11,20H,1H2,(H3,19,21,22). The lowest BCUT2D eigenvalue weighted by Crippen LogP contribution is -2.40. The van der Waals surface area contributed by atoms with Crippen molar-refractivity contribution >= 4 is 40.6 Å². The first-order chi connectivity index (χ1) is 10.6. The molecule has 0 atom stereocenters. The fourth-order valence-electron chi connectivity index (χ4n) is 1.89. The third-order valence-electron chi connectivity index (χ3n) is 2.93. The van der Waals surface area contributed by atoms with Crippen LogP contribution in [0, 0.1) is 0 Å². The van der Waals surface area contributed by atoms with E-state index < -0.39 is 0 Å². The summed E-state index contributed by atoms with van der Waals surface area (Å²) in [4.78, 5) is 0. The summed E-state index contributed by atoms with van der Waals surface area (Å²) in [5.74, 6) is 0. The quantitative estimate of drug-likeness (QED) is 0.338. The predicted molar refractivity (Wildman–Crippen MR) is 98.0 cm³/mol. The molecule has 22 heavy (non-hydrogen) atoms. The van der Waals surface area contributed by atoms with Gasteiger partial charge in [-0.05, 0) is 41.6 Å². The summed E-state index contributed by atoms with van der Waals surface area (Å²) in [6.07, 6.45) is 2.02. The molecule has 2 rings (SSSR count). The minimum atomic E-state index is 0.153. The Morgan fingerprint density at radius 2 is 1.68 bits per heavy atom. The number of nitrogens with two attached hydrogens (primary N) is 1. The molecule has 0 saturated heterocycles. The van der Waals surface area contributed by atoms with Gasteiger partial charge in [0, 0.05) is 10.6 Å². The molecular formula is C17H16ClN3S. The fraction of sp³-hybridized carbons (Fsp3) is 0. The van der Waals surface area contributed by atoms with Crippen LogP contribution < -0.4 is 16.6 Å². The van der Waals surface area contributed by atoms with E-state index in [1.54, 1.807) is 0 Å². The summed E-state index contributed by atoms with van der Waals surface area (Å²) in [6, 6.07) is 17.5. The lowest BCUT2D eigenvalue weighted by Gasteiger charge is -2.15. The average Bonchev–Trinajstić information content (AvgIpc) is 2.53. The first kappa shape index (κ1) is 16.1. The molecule has 0 amide bonds. The van der Waals surface area contributed by atoms with Crippen LogP contribution in [-0.2, 0) is 0 Å². The van der Waals surface area contributed by atoms with Crippen LogP contribution in [0.1, 0.15) is 11.1 Å². The number of hydrazine groups is 1. The van der Waals surface area contributed by atoms with E-state index in [0.717, 1.165) is 16.7 Å². The fourth-order valence-corrected chi connectivity index (χ4v) is 2.07. The molecule has 0 aliphatic rings. The van der Waals surface area contributed by atoms with Gasteiger partial charge >= 0.3 is 0 Å². The van der Waals surface area contributed by atoms with E-state index in [2.05, 4.69) is 17.4 Å². The summed E-state index contributed by atoms with van der Waals surface area (Å²) >= 11 is 10.7. The molecule has 0 spiro atoms. The monoisotopic (exact) mass is 329 g/mol. The van der Waals surface area contributed by atoms with E-state index in [4.69, 9.17) is 29.6 Å². The number of nitrogens with one attached hydrogen (secondary N) is 2. The summed E-state index contributed by atoms with van der Waals surface area (Å²) in [5.41, 5.74) is 14.7. The van der Waals surface area contributed by atoms with Crippen LogP contribution in [-0.4, -0.2) is 5.11 Å². The molecule has 0 aliphatic carbocycles. The molecule has 0 fully saturated rings. The molecule has 4 N–H and O–H groups in total. The van der Waals surface area contributed by atoms with Crippen molar-refractivity contribution in [2.24, 2.45) is 5.73 Å². The van der Waals surface area contributed by atoms with Crippen molar-refractivity contribution in [2.75, 3.05) is 0 Å².